The molecule has 0 spiro atoms. The van der Waals surface area contributed by atoms with Crippen molar-refractivity contribution < 1.29 is 14.3 Å². The summed E-state index contributed by atoms with van der Waals surface area (Å²) in [5, 5.41) is 0. The molecule has 1 atom stereocenters. The van der Waals surface area contributed by atoms with Gasteiger partial charge in [0.25, 0.3) is 0 Å². The van der Waals surface area contributed by atoms with Gasteiger partial charge in [0.2, 0.25) is 0 Å². The van der Waals surface area contributed by atoms with Crippen molar-refractivity contribution in [2.24, 2.45) is 5.41 Å². The van der Waals surface area contributed by atoms with E-state index in [1.165, 1.54) is 38.5 Å². The molecule has 1 aliphatic heterocycles. The van der Waals surface area contributed by atoms with E-state index in [0.717, 1.165) is 19.4 Å². The second-order valence-electron chi connectivity index (χ2n) is 7.35. The molecular weight excluding hydrogens is 252 g/mol. The summed E-state index contributed by atoms with van der Waals surface area (Å²) in [7, 11) is 0. The summed E-state index contributed by atoms with van der Waals surface area (Å²) in [6.45, 7) is 9.41. The van der Waals surface area contributed by atoms with Crippen LogP contribution in [-0.2, 0) is 14.3 Å². The van der Waals surface area contributed by atoms with E-state index in [1.54, 1.807) is 0 Å². The first-order valence-corrected chi connectivity index (χ1v) is 8.15. The highest BCUT2D eigenvalue weighted by atomic mass is 16.6. The molecule has 3 nitrogen and oxygen atoms in total. The number of hydrogen-bond donors (Lipinski definition) is 0. The van der Waals surface area contributed by atoms with E-state index in [1.807, 2.05) is 20.8 Å². The largest absolute Gasteiger partial charge is 0.465 e. The van der Waals surface area contributed by atoms with Gasteiger partial charge in [-0.3, -0.25) is 4.79 Å². The first-order valence-electron chi connectivity index (χ1n) is 8.15. The van der Waals surface area contributed by atoms with Gasteiger partial charge in [0.1, 0.15) is 0 Å². The Morgan fingerprint density at radius 2 is 1.55 bits per heavy atom. The lowest BCUT2D eigenvalue weighted by Gasteiger charge is -2.16. The van der Waals surface area contributed by atoms with Gasteiger partial charge in [0, 0.05) is 0 Å². The van der Waals surface area contributed by atoms with Crippen molar-refractivity contribution in [3.05, 3.63) is 0 Å². The van der Waals surface area contributed by atoms with Crippen LogP contribution in [-0.4, -0.2) is 24.8 Å². The topological polar surface area (TPSA) is 38.8 Å². The summed E-state index contributed by atoms with van der Waals surface area (Å²) in [4.78, 5) is 11.5. The van der Waals surface area contributed by atoms with Gasteiger partial charge in [-0.2, -0.15) is 0 Å². The Hall–Kier alpha value is -0.570. The summed E-state index contributed by atoms with van der Waals surface area (Å²) in [5.74, 6) is -0.0895. The fourth-order valence-corrected chi connectivity index (χ4v) is 2.13. The molecule has 118 valence electrons. The van der Waals surface area contributed by atoms with E-state index >= 15 is 0 Å². The van der Waals surface area contributed by atoms with Crippen molar-refractivity contribution in [1.82, 2.24) is 0 Å². The molecule has 0 radical (unpaired) electrons. The Kier molecular flexibility index (Phi) is 7.01. The minimum Gasteiger partial charge on any atom is -0.465 e. The lowest BCUT2D eigenvalue weighted by atomic mass is 9.97. The Labute approximate surface area is 124 Å². The monoisotopic (exact) mass is 284 g/mol. The molecule has 0 aliphatic carbocycles. The van der Waals surface area contributed by atoms with Gasteiger partial charge in [-0.1, -0.05) is 38.5 Å². The van der Waals surface area contributed by atoms with Crippen LogP contribution in [0.1, 0.15) is 79.1 Å². The van der Waals surface area contributed by atoms with Gasteiger partial charge in [0.05, 0.1) is 24.2 Å². The fourth-order valence-electron chi connectivity index (χ4n) is 2.13. The molecule has 3 heteroatoms. The molecule has 1 rings (SSSR count). The molecule has 0 aromatic carbocycles. The van der Waals surface area contributed by atoms with Gasteiger partial charge in [-0.15, -0.1) is 0 Å². The number of epoxide rings is 1. The second kappa shape index (κ2) is 8.02. The molecule has 1 saturated heterocycles. The smallest absolute Gasteiger partial charge is 0.311 e. The Morgan fingerprint density at radius 1 is 1.05 bits per heavy atom. The molecular formula is C17H32O3. The van der Waals surface area contributed by atoms with Crippen LogP contribution in [0.5, 0.6) is 0 Å². The van der Waals surface area contributed by atoms with Gasteiger partial charge in [-0.05, 0) is 40.5 Å². The number of ether oxygens (including phenoxy) is 2. The minimum absolute atomic E-state index is 0.0895. The first-order chi connectivity index (χ1) is 9.33. The highest BCUT2D eigenvalue weighted by molar-refractivity contribution is 5.75. The van der Waals surface area contributed by atoms with Crippen LogP contribution >= 0.6 is 0 Å². The maximum absolute atomic E-state index is 11.5. The molecule has 0 aromatic heterocycles. The van der Waals surface area contributed by atoms with E-state index in [9.17, 15) is 4.79 Å². The average Bonchev–Trinajstić information content (AvgIpc) is 3.08. The van der Waals surface area contributed by atoms with E-state index in [-0.39, 0.29) is 17.0 Å². The second-order valence-corrected chi connectivity index (χ2v) is 7.35. The Morgan fingerprint density at radius 3 is 2.05 bits per heavy atom. The van der Waals surface area contributed by atoms with Crippen molar-refractivity contribution in [3.8, 4) is 0 Å². The molecule has 1 heterocycles. The standard InChI is InChI=1S/C17H32O3/c1-16(2,3)15(18)19-13-11-9-7-5-6-8-10-12-17(4)14-20-17/h5-14H2,1-4H3. The first kappa shape index (κ1) is 17.5. The highest BCUT2D eigenvalue weighted by Crippen LogP contribution is 2.31. The van der Waals surface area contributed by atoms with Gasteiger partial charge >= 0.3 is 5.97 Å². The summed E-state index contributed by atoms with van der Waals surface area (Å²) in [5.41, 5.74) is -0.140. The molecule has 0 saturated carbocycles. The van der Waals surface area contributed by atoms with Crippen LogP contribution in [0.15, 0.2) is 0 Å². The van der Waals surface area contributed by atoms with Crippen molar-refractivity contribution in [2.75, 3.05) is 13.2 Å². The maximum Gasteiger partial charge on any atom is 0.311 e. The van der Waals surface area contributed by atoms with E-state index in [2.05, 4.69) is 6.92 Å². The molecule has 0 aromatic rings. The third-order valence-electron chi connectivity index (χ3n) is 3.83. The minimum atomic E-state index is -0.373. The molecule has 0 amide bonds. The number of rotatable bonds is 10. The Bertz CT molecular complexity index is 287. The van der Waals surface area contributed by atoms with Gasteiger partial charge in [-0.25, -0.2) is 0 Å². The van der Waals surface area contributed by atoms with Crippen LogP contribution in [0.3, 0.4) is 0 Å². The molecule has 0 N–H and O–H groups in total. The van der Waals surface area contributed by atoms with E-state index in [4.69, 9.17) is 9.47 Å². The molecule has 1 unspecified atom stereocenters. The third-order valence-corrected chi connectivity index (χ3v) is 3.83. The predicted molar refractivity (Wildman–Crippen MR) is 81.7 cm³/mol. The average molecular weight is 284 g/mol. The lowest BCUT2D eigenvalue weighted by molar-refractivity contribution is -0.153. The molecule has 0 bridgehead atoms. The zero-order chi connectivity index (χ0) is 15.1. The normalized spacial score (nSPS) is 21.8. The van der Waals surface area contributed by atoms with E-state index < -0.39 is 0 Å². The molecule has 1 fully saturated rings. The lowest BCUT2D eigenvalue weighted by Crippen LogP contribution is -2.23. The van der Waals surface area contributed by atoms with Gasteiger partial charge < -0.3 is 9.47 Å². The number of carbonyl (C=O) groups excluding carboxylic acids is 1. The number of esters is 1. The number of hydrogen-bond acceptors (Lipinski definition) is 3. The fraction of sp³-hybridized carbons (Fsp3) is 0.941. The van der Waals surface area contributed by atoms with Gasteiger partial charge in [0.15, 0.2) is 0 Å². The Balaban J connectivity index is 1.79. The van der Waals surface area contributed by atoms with Crippen LogP contribution in [0.4, 0.5) is 0 Å². The number of carbonyl (C=O) groups is 1. The zero-order valence-electron chi connectivity index (χ0n) is 13.8. The third kappa shape index (κ3) is 7.88. The SMILES string of the molecule is CC1(CCCCCCCCCOC(=O)C(C)(C)C)CO1. The van der Waals surface area contributed by atoms with Crippen LogP contribution in [0, 0.1) is 5.41 Å². The number of unbranched alkanes of at least 4 members (excludes halogenated alkanes) is 6. The van der Waals surface area contributed by atoms with Crippen molar-refractivity contribution in [3.63, 3.8) is 0 Å². The molecule has 1 aliphatic rings. The summed E-state index contributed by atoms with van der Waals surface area (Å²) < 4.78 is 10.6. The quantitative estimate of drug-likeness (QED) is 0.337. The highest BCUT2D eigenvalue weighted by Gasteiger charge is 2.37. The van der Waals surface area contributed by atoms with Crippen molar-refractivity contribution in [1.29, 1.82) is 0 Å². The summed E-state index contributed by atoms with van der Waals surface area (Å²) in [6, 6.07) is 0. The van der Waals surface area contributed by atoms with Crippen LogP contribution < -0.4 is 0 Å². The van der Waals surface area contributed by atoms with Crippen LogP contribution in [0.2, 0.25) is 0 Å². The zero-order valence-corrected chi connectivity index (χ0v) is 13.8. The molecule has 20 heavy (non-hydrogen) atoms. The van der Waals surface area contributed by atoms with Crippen molar-refractivity contribution in [2.45, 2.75) is 84.7 Å². The van der Waals surface area contributed by atoms with E-state index in [0.29, 0.717) is 6.61 Å². The maximum atomic E-state index is 11.5. The summed E-state index contributed by atoms with van der Waals surface area (Å²) in [6.07, 6.45) is 9.85. The van der Waals surface area contributed by atoms with Crippen molar-refractivity contribution >= 4 is 5.97 Å². The van der Waals surface area contributed by atoms with Crippen LogP contribution in [0.25, 0.3) is 0 Å². The predicted octanol–water partition coefficient (Wildman–Crippen LogP) is 4.49. The summed E-state index contributed by atoms with van der Waals surface area (Å²) >= 11 is 0.